The number of hydrogen-bond acceptors (Lipinski definition) is 3. The second-order valence-corrected chi connectivity index (χ2v) is 7.15. The fourth-order valence-electron chi connectivity index (χ4n) is 3.55. The Bertz CT molecular complexity index is 971. The number of piperazine rings is 1. The van der Waals surface area contributed by atoms with Crippen LogP contribution in [0.4, 0.5) is 0 Å². The van der Waals surface area contributed by atoms with Crippen LogP contribution in [0.3, 0.4) is 0 Å². The van der Waals surface area contributed by atoms with Gasteiger partial charge in [0.25, 0.3) is 11.8 Å². The molecule has 1 saturated heterocycles. The highest BCUT2D eigenvalue weighted by molar-refractivity contribution is 5.96. The number of carbonyl (C=O) groups excluding carboxylic acids is 2. The van der Waals surface area contributed by atoms with Crippen molar-refractivity contribution in [2.45, 2.75) is 13.3 Å². The van der Waals surface area contributed by atoms with Gasteiger partial charge >= 0.3 is 0 Å². The van der Waals surface area contributed by atoms with Gasteiger partial charge in [-0.15, -0.1) is 0 Å². The summed E-state index contributed by atoms with van der Waals surface area (Å²) in [5, 5.41) is 0. The van der Waals surface area contributed by atoms with Gasteiger partial charge in [-0.2, -0.15) is 0 Å². The molecule has 0 unspecified atom stereocenters. The summed E-state index contributed by atoms with van der Waals surface area (Å²) < 4.78 is 1.89. The van der Waals surface area contributed by atoms with Gasteiger partial charge in [0, 0.05) is 55.4 Å². The van der Waals surface area contributed by atoms with Crippen molar-refractivity contribution >= 4 is 11.8 Å². The molecule has 148 valence electrons. The van der Waals surface area contributed by atoms with Crippen LogP contribution < -0.4 is 0 Å². The third-order valence-corrected chi connectivity index (χ3v) is 5.38. The molecule has 29 heavy (non-hydrogen) atoms. The van der Waals surface area contributed by atoms with Gasteiger partial charge in [0.15, 0.2) is 0 Å². The molecule has 1 fully saturated rings. The van der Waals surface area contributed by atoms with Crippen LogP contribution >= 0.6 is 0 Å². The summed E-state index contributed by atoms with van der Waals surface area (Å²) in [5.41, 5.74) is 3.54. The number of aryl methyl sites for hydroxylation is 1. The average Bonchev–Trinajstić information content (AvgIpc) is 3.33. The predicted molar refractivity (Wildman–Crippen MR) is 111 cm³/mol. The van der Waals surface area contributed by atoms with E-state index in [1.54, 1.807) is 12.5 Å². The number of benzene rings is 2. The Kier molecular flexibility index (Phi) is 5.42. The van der Waals surface area contributed by atoms with E-state index in [0.717, 1.165) is 12.1 Å². The summed E-state index contributed by atoms with van der Waals surface area (Å²) in [7, 11) is 0. The van der Waals surface area contributed by atoms with E-state index >= 15 is 0 Å². The van der Waals surface area contributed by atoms with Crippen molar-refractivity contribution in [1.29, 1.82) is 0 Å². The van der Waals surface area contributed by atoms with Gasteiger partial charge in [0.1, 0.15) is 0 Å². The van der Waals surface area contributed by atoms with Gasteiger partial charge in [-0.3, -0.25) is 9.59 Å². The predicted octanol–water partition coefficient (Wildman–Crippen LogP) is 3.03. The number of nitrogens with zero attached hydrogens (tertiary/aromatic N) is 4. The SMILES string of the molecule is CCc1ccc(C(=O)N2CCN(C(=O)c3ccc(-n4ccnc4)cc3)CC2)cc1. The van der Waals surface area contributed by atoms with Crippen molar-refractivity contribution in [3.63, 3.8) is 0 Å². The van der Waals surface area contributed by atoms with Crippen molar-refractivity contribution in [3.05, 3.63) is 83.9 Å². The fourth-order valence-corrected chi connectivity index (χ4v) is 3.55. The van der Waals surface area contributed by atoms with E-state index in [1.165, 1.54) is 5.56 Å². The van der Waals surface area contributed by atoms with Crippen molar-refractivity contribution in [3.8, 4) is 5.69 Å². The topological polar surface area (TPSA) is 58.4 Å². The van der Waals surface area contributed by atoms with Crippen LogP contribution in [0.5, 0.6) is 0 Å². The molecule has 0 radical (unpaired) electrons. The standard InChI is InChI=1S/C23H24N4O2/c1-2-18-3-5-19(6-4-18)22(28)25-13-15-26(16-14-25)23(29)20-7-9-21(10-8-20)27-12-11-24-17-27/h3-12,17H,2,13-16H2,1H3. The maximum atomic E-state index is 12.8. The van der Waals surface area contributed by atoms with Gasteiger partial charge < -0.3 is 14.4 Å². The highest BCUT2D eigenvalue weighted by Crippen LogP contribution is 2.15. The van der Waals surface area contributed by atoms with Gasteiger partial charge in [-0.1, -0.05) is 19.1 Å². The van der Waals surface area contributed by atoms with Crippen LogP contribution in [-0.2, 0) is 6.42 Å². The first-order valence-corrected chi connectivity index (χ1v) is 9.91. The Morgan fingerprint density at radius 3 is 1.79 bits per heavy atom. The van der Waals surface area contributed by atoms with Crippen LogP contribution in [-0.4, -0.2) is 57.3 Å². The first-order valence-electron chi connectivity index (χ1n) is 9.91. The van der Waals surface area contributed by atoms with Crippen LogP contribution in [0.2, 0.25) is 0 Å². The van der Waals surface area contributed by atoms with Crippen LogP contribution in [0.15, 0.2) is 67.3 Å². The van der Waals surface area contributed by atoms with Crippen molar-refractivity contribution in [2.24, 2.45) is 0 Å². The summed E-state index contributed by atoms with van der Waals surface area (Å²) >= 11 is 0. The highest BCUT2D eigenvalue weighted by atomic mass is 16.2. The minimum atomic E-state index is 0.00146. The van der Waals surface area contributed by atoms with Crippen LogP contribution in [0, 0.1) is 0 Å². The molecule has 0 N–H and O–H groups in total. The first-order chi connectivity index (χ1) is 14.2. The lowest BCUT2D eigenvalue weighted by Crippen LogP contribution is -2.50. The number of hydrogen-bond donors (Lipinski definition) is 0. The zero-order valence-corrected chi connectivity index (χ0v) is 16.5. The van der Waals surface area contributed by atoms with E-state index in [9.17, 15) is 9.59 Å². The zero-order valence-electron chi connectivity index (χ0n) is 16.5. The van der Waals surface area contributed by atoms with E-state index in [4.69, 9.17) is 0 Å². The molecule has 2 heterocycles. The van der Waals surface area contributed by atoms with Gasteiger partial charge in [-0.05, 0) is 48.4 Å². The van der Waals surface area contributed by atoms with Crippen LogP contribution in [0.1, 0.15) is 33.2 Å². The van der Waals surface area contributed by atoms with Gasteiger partial charge in [-0.25, -0.2) is 4.98 Å². The van der Waals surface area contributed by atoms with Crippen molar-refractivity contribution < 1.29 is 9.59 Å². The average molecular weight is 388 g/mol. The smallest absolute Gasteiger partial charge is 0.253 e. The molecule has 1 aliphatic rings. The number of rotatable bonds is 4. The Hall–Kier alpha value is -3.41. The summed E-state index contributed by atoms with van der Waals surface area (Å²) in [6.45, 7) is 4.28. The number of carbonyl (C=O) groups is 2. The summed E-state index contributed by atoms with van der Waals surface area (Å²) in [5.74, 6) is 0.0333. The zero-order chi connectivity index (χ0) is 20.2. The molecule has 2 aromatic carbocycles. The largest absolute Gasteiger partial charge is 0.335 e. The molecule has 3 aromatic rings. The highest BCUT2D eigenvalue weighted by Gasteiger charge is 2.25. The molecule has 0 spiro atoms. The molecule has 2 amide bonds. The third kappa shape index (κ3) is 4.06. The molecule has 1 aromatic heterocycles. The van der Waals surface area contributed by atoms with Gasteiger partial charge in [0.2, 0.25) is 0 Å². The molecule has 0 aliphatic carbocycles. The first kappa shape index (κ1) is 18.9. The molecule has 6 nitrogen and oxygen atoms in total. The molecule has 4 rings (SSSR count). The van der Waals surface area contributed by atoms with E-state index in [0.29, 0.717) is 37.3 Å². The minimum absolute atomic E-state index is 0.00146. The number of aromatic nitrogens is 2. The lowest BCUT2D eigenvalue weighted by molar-refractivity contribution is 0.0535. The van der Waals surface area contributed by atoms with E-state index in [2.05, 4.69) is 11.9 Å². The maximum Gasteiger partial charge on any atom is 0.253 e. The van der Waals surface area contributed by atoms with Crippen molar-refractivity contribution in [1.82, 2.24) is 19.4 Å². The van der Waals surface area contributed by atoms with E-state index < -0.39 is 0 Å². The molecule has 0 saturated carbocycles. The maximum absolute atomic E-state index is 12.8. The normalized spacial score (nSPS) is 14.1. The summed E-state index contributed by atoms with van der Waals surface area (Å²) in [4.78, 5) is 33.2. The lowest BCUT2D eigenvalue weighted by atomic mass is 10.1. The summed E-state index contributed by atoms with van der Waals surface area (Å²) in [6, 6.07) is 15.3. The molecule has 0 bridgehead atoms. The third-order valence-electron chi connectivity index (χ3n) is 5.38. The molecule has 6 heteroatoms. The minimum Gasteiger partial charge on any atom is -0.335 e. The Labute approximate surface area is 170 Å². The second-order valence-electron chi connectivity index (χ2n) is 7.15. The Morgan fingerprint density at radius 2 is 1.34 bits per heavy atom. The number of imidazole rings is 1. The monoisotopic (exact) mass is 388 g/mol. The Morgan fingerprint density at radius 1 is 0.828 bits per heavy atom. The van der Waals surface area contributed by atoms with E-state index in [-0.39, 0.29) is 11.8 Å². The Balaban J connectivity index is 1.36. The van der Waals surface area contributed by atoms with Crippen LogP contribution in [0.25, 0.3) is 5.69 Å². The molecule has 1 aliphatic heterocycles. The van der Waals surface area contributed by atoms with Gasteiger partial charge in [0.05, 0.1) is 6.33 Å². The molecular weight excluding hydrogens is 364 g/mol. The second kappa shape index (κ2) is 8.31. The summed E-state index contributed by atoms with van der Waals surface area (Å²) in [6.07, 6.45) is 6.27. The van der Waals surface area contributed by atoms with Crippen molar-refractivity contribution in [2.75, 3.05) is 26.2 Å². The molecule has 0 atom stereocenters. The quantitative estimate of drug-likeness (QED) is 0.690. The fraction of sp³-hybridized carbons (Fsp3) is 0.261. The van der Waals surface area contributed by atoms with E-state index in [1.807, 2.05) is 69.1 Å². The molecular formula is C23H24N4O2. The number of amides is 2. The lowest BCUT2D eigenvalue weighted by Gasteiger charge is -2.35.